The lowest BCUT2D eigenvalue weighted by molar-refractivity contribution is 0.174. The fourth-order valence-corrected chi connectivity index (χ4v) is 1.49. The van der Waals surface area contributed by atoms with Gasteiger partial charge in [-0.2, -0.15) is 0 Å². The molecule has 0 aromatic heterocycles. The average Bonchev–Trinajstić information content (AvgIpc) is 2.71. The predicted molar refractivity (Wildman–Crippen MR) is 59.1 cm³/mol. The zero-order chi connectivity index (χ0) is 10.5. The highest BCUT2D eigenvalue weighted by Crippen LogP contribution is 2.32. The van der Waals surface area contributed by atoms with E-state index in [1.165, 1.54) is 5.56 Å². The molecule has 3 nitrogen and oxygen atoms in total. The number of ether oxygens (including phenoxy) is 2. The average molecular weight is 205 g/mol. The topological polar surface area (TPSA) is 30.5 Å². The minimum Gasteiger partial charge on any atom is -0.454 e. The molecular weight excluding hydrogens is 190 g/mol. The summed E-state index contributed by atoms with van der Waals surface area (Å²) >= 11 is 0. The van der Waals surface area contributed by atoms with Gasteiger partial charge in [0.2, 0.25) is 6.79 Å². The fraction of sp³-hybridized carbons (Fsp3) is 0.333. The summed E-state index contributed by atoms with van der Waals surface area (Å²) in [5, 5.41) is 3.33. The molecule has 1 aliphatic heterocycles. The van der Waals surface area contributed by atoms with Gasteiger partial charge in [0.1, 0.15) is 0 Å². The third-order valence-corrected chi connectivity index (χ3v) is 2.29. The van der Waals surface area contributed by atoms with Crippen LogP contribution in [0, 0.1) is 0 Å². The first-order valence-electron chi connectivity index (χ1n) is 5.10. The van der Waals surface area contributed by atoms with Crippen LogP contribution in [0.15, 0.2) is 30.9 Å². The van der Waals surface area contributed by atoms with Gasteiger partial charge in [0.25, 0.3) is 0 Å². The van der Waals surface area contributed by atoms with Gasteiger partial charge in [-0.3, -0.25) is 0 Å². The smallest absolute Gasteiger partial charge is 0.231 e. The van der Waals surface area contributed by atoms with Crippen molar-refractivity contribution in [3.8, 4) is 11.5 Å². The van der Waals surface area contributed by atoms with Gasteiger partial charge in [0.05, 0.1) is 0 Å². The molecule has 3 heteroatoms. The van der Waals surface area contributed by atoms with Crippen molar-refractivity contribution in [2.75, 3.05) is 13.3 Å². The van der Waals surface area contributed by atoms with E-state index in [2.05, 4.69) is 18.0 Å². The highest BCUT2D eigenvalue weighted by molar-refractivity contribution is 5.44. The number of rotatable bonds is 5. The summed E-state index contributed by atoms with van der Waals surface area (Å²) in [5.74, 6) is 1.68. The van der Waals surface area contributed by atoms with E-state index in [-0.39, 0.29) is 0 Å². The molecule has 2 rings (SSSR count). The summed E-state index contributed by atoms with van der Waals surface area (Å²) in [4.78, 5) is 0. The third kappa shape index (κ3) is 2.50. The van der Waals surface area contributed by atoms with Gasteiger partial charge >= 0.3 is 0 Å². The fourth-order valence-electron chi connectivity index (χ4n) is 1.49. The molecule has 0 aliphatic carbocycles. The monoisotopic (exact) mass is 205 g/mol. The number of hydrogen-bond acceptors (Lipinski definition) is 3. The minimum atomic E-state index is 0.336. The van der Waals surface area contributed by atoms with E-state index in [9.17, 15) is 0 Å². The van der Waals surface area contributed by atoms with Crippen LogP contribution in [0.4, 0.5) is 0 Å². The van der Waals surface area contributed by atoms with E-state index >= 15 is 0 Å². The maximum Gasteiger partial charge on any atom is 0.231 e. The first-order chi connectivity index (χ1) is 7.40. The molecule has 0 radical (unpaired) electrons. The summed E-state index contributed by atoms with van der Waals surface area (Å²) in [7, 11) is 0. The zero-order valence-corrected chi connectivity index (χ0v) is 8.66. The quantitative estimate of drug-likeness (QED) is 0.589. The van der Waals surface area contributed by atoms with Crippen LogP contribution in [0.5, 0.6) is 11.5 Å². The van der Waals surface area contributed by atoms with Crippen LogP contribution >= 0.6 is 0 Å². The van der Waals surface area contributed by atoms with E-state index in [1.807, 2.05) is 18.2 Å². The Kier molecular flexibility index (Phi) is 3.25. The maximum absolute atomic E-state index is 5.30. The molecule has 0 amide bonds. The van der Waals surface area contributed by atoms with Gasteiger partial charge in [-0.1, -0.05) is 12.1 Å². The highest BCUT2D eigenvalue weighted by Gasteiger charge is 2.12. The molecule has 0 saturated carbocycles. The van der Waals surface area contributed by atoms with Crippen molar-refractivity contribution in [1.82, 2.24) is 5.32 Å². The lowest BCUT2D eigenvalue weighted by Crippen LogP contribution is -2.13. The van der Waals surface area contributed by atoms with Gasteiger partial charge in [-0.05, 0) is 30.7 Å². The zero-order valence-electron chi connectivity index (χ0n) is 8.66. The minimum absolute atomic E-state index is 0.336. The van der Waals surface area contributed by atoms with Crippen molar-refractivity contribution in [2.24, 2.45) is 0 Å². The van der Waals surface area contributed by atoms with Crippen LogP contribution in [0.3, 0.4) is 0 Å². The summed E-state index contributed by atoms with van der Waals surface area (Å²) in [5.41, 5.74) is 1.21. The Balaban J connectivity index is 1.89. The Morgan fingerprint density at radius 2 is 2.20 bits per heavy atom. The highest BCUT2D eigenvalue weighted by atomic mass is 16.7. The number of fused-ring (bicyclic) bond motifs is 1. The summed E-state index contributed by atoms with van der Waals surface area (Å²) in [6.45, 7) is 5.82. The second-order valence-corrected chi connectivity index (χ2v) is 3.44. The van der Waals surface area contributed by atoms with Crippen molar-refractivity contribution >= 4 is 0 Å². The third-order valence-electron chi connectivity index (χ3n) is 2.29. The van der Waals surface area contributed by atoms with E-state index in [4.69, 9.17) is 9.47 Å². The van der Waals surface area contributed by atoms with Crippen LogP contribution in [0.2, 0.25) is 0 Å². The molecule has 0 unspecified atom stereocenters. The van der Waals surface area contributed by atoms with Crippen LogP contribution < -0.4 is 14.8 Å². The van der Waals surface area contributed by atoms with E-state index in [0.717, 1.165) is 31.0 Å². The molecule has 0 spiro atoms. The molecule has 0 atom stereocenters. The Hall–Kier alpha value is -1.48. The molecule has 1 aromatic rings. The van der Waals surface area contributed by atoms with E-state index in [0.29, 0.717) is 6.79 Å². The van der Waals surface area contributed by atoms with Crippen molar-refractivity contribution in [1.29, 1.82) is 0 Å². The number of benzene rings is 1. The molecule has 1 heterocycles. The van der Waals surface area contributed by atoms with Crippen molar-refractivity contribution < 1.29 is 9.47 Å². The van der Waals surface area contributed by atoms with Crippen LogP contribution in [0.1, 0.15) is 12.0 Å². The SMILES string of the molecule is C=CCCNCc1ccc2c(c1)OCO2. The Bertz CT molecular complexity index is 349. The summed E-state index contributed by atoms with van der Waals surface area (Å²) in [6.07, 6.45) is 2.90. The summed E-state index contributed by atoms with van der Waals surface area (Å²) in [6, 6.07) is 6.02. The van der Waals surface area contributed by atoms with E-state index in [1.54, 1.807) is 0 Å². The molecule has 0 fully saturated rings. The van der Waals surface area contributed by atoms with Crippen LogP contribution in [0.25, 0.3) is 0 Å². The Morgan fingerprint density at radius 3 is 3.07 bits per heavy atom. The second kappa shape index (κ2) is 4.84. The van der Waals surface area contributed by atoms with Crippen molar-refractivity contribution in [3.63, 3.8) is 0 Å². The molecule has 80 valence electrons. The van der Waals surface area contributed by atoms with Gasteiger partial charge in [-0.25, -0.2) is 0 Å². The van der Waals surface area contributed by atoms with Crippen molar-refractivity contribution in [2.45, 2.75) is 13.0 Å². The Labute approximate surface area is 89.7 Å². The standard InChI is InChI=1S/C12H15NO2/c1-2-3-6-13-8-10-4-5-11-12(7-10)15-9-14-11/h2,4-5,7,13H,1,3,6,8-9H2. The molecule has 1 aliphatic rings. The van der Waals surface area contributed by atoms with Gasteiger partial charge in [0.15, 0.2) is 11.5 Å². The summed E-state index contributed by atoms with van der Waals surface area (Å²) < 4.78 is 10.5. The molecule has 0 saturated heterocycles. The molecule has 1 aromatic carbocycles. The lowest BCUT2D eigenvalue weighted by Gasteiger charge is -2.04. The van der Waals surface area contributed by atoms with Crippen LogP contribution in [-0.2, 0) is 6.54 Å². The van der Waals surface area contributed by atoms with Gasteiger partial charge < -0.3 is 14.8 Å². The van der Waals surface area contributed by atoms with Crippen molar-refractivity contribution in [3.05, 3.63) is 36.4 Å². The van der Waals surface area contributed by atoms with E-state index < -0.39 is 0 Å². The predicted octanol–water partition coefficient (Wildman–Crippen LogP) is 2.08. The van der Waals surface area contributed by atoms with Gasteiger partial charge in [0, 0.05) is 6.54 Å². The lowest BCUT2D eigenvalue weighted by atomic mass is 10.2. The second-order valence-electron chi connectivity index (χ2n) is 3.44. The van der Waals surface area contributed by atoms with Gasteiger partial charge in [-0.15, -0.1) is 6.58 Å². The van der Waals surface area contributed by atoms with Crippen LogP contribution in [-0.4, -0.2) is 13.3 Å². The first-order valence-corrected chi connectivity index (χ1v) is 5.10. The largest absolute Gasteiger partial charge is 0.454 e. The normalized spacial score (nSPS) is 12.8. The Morgan fingerprint density at radius 1 is 1.33 bits per heavy atom. The number of nitrogens with one attached hydrogen (secondary N) is 1. The molecular formula is C12H15NO2. The maximum atomic E-state index is 5.30. The molecule has 1 N–H and O–H groups in total. The molecule has 0 bridgehead atoms. The molecule has 15 heavy (non-hydrogen) atoms. The first kappa shape index (κ1) is 10.1. The number of hydrogen-bond donors (Lipinski definition) is 1.